The first-order valence-electron chi connectivity index (χ1n) is 9.05. The molecule has 1 aliphatic rings. The molecule has 6 nitrogen and oxygen atoms in total. The summed E-state index contributed by atoms with van der Waals surface area (Å²) in [4.78, 5) is 10.9. The molecular formula is C20H23N5O. The van der Waals surface area contributed by atoms with Crippen molar-refractivity contribution >= 4 is 0 Å². The molecule has 1 unspecified atom stereocenters. The molecule has 1 aliphatic heterocycles. The monoisotopic (exact) mass is 349 g/mol. The highest BCUT2D eigenvalue weighted by Gasteiger charge is 2.21. The zero-order valence-electron chi connectivity index (χ0n) is 14.7. The summed E-state index contributed by atoms with van der Waals surface area (Å²) in [7, 11) is 0. The van der Waals surface area contributed by atoms with Crippen molar-refractivity contribution in [3.63, 3.8) is 0 Å². The number of hydrogen-bond donors (Lipinski definition) is 0. The minimum Gasteiger partial charge on any atom is -0.487 e. The number of nitrogens with zero attached hydrogens (tertiary/aromatic N) is 5. The average molecular weight is 349 g/mol. The van der Waals surface area contributed by atoms with Gasteiger partial charge in [-0.1, -0.05) is 18.2 Å². The van der Waals surface area contributed by atoms with Gasteiger partial charge in [-0.25, -0.2) is 9.67 Å². The van der Waals surface area contributed by atoms with Gasteiger partial charge in [0.15, 0.2) is 0 Å². The number of likely N-dealkylation sites (tertiary alicyclic amines) is 1. The number of pyridine rings is 1. The van der Waals surface area contributed by atoms with Crippen LogP contribution in [-0.4, -0.2) is 37.7 Å². The lowest BCUT2D eigenvalue weighted by molar-refractivity contribution is 0.162. The van der Waals surface area contributed by atoms with Crippen LogP contribution in [0.2, 0.25) is 0 Å². The van der Waals surface area contributed by atoms with E-state index in [0.29, 0.717) is 12.6 Å². The van der Waals surface area contributed by atoms with Gasteiger partial charge in [0.1, 0.15) is 25.0 Å². The van der Waals surface area contributed by atoms with E-state index in [4.69, 9.17) is 4.74 Å². The van der Waals surface area contributed by atoms with Crippen LogP contribution in [0.5, 0.6) is 5.75 Å². The van der Waals surface area contributed by atoms with Crippen LogP contribution >= 0.6 is 0 Å². The van der Waals surface area contributed by atoms with Crippen molar-refractivity contribution in [3.05, 3.63) is 72.6 Å². The van der Waals surface area contributed by atoms with Crippen molar-refractivity contribution < 1.29 is 4.74 Å². The van der Waals surface area contributed by atoms with E-state index in [0.717, 1.165) is 37.5 Å². The maximum atomic E-state index is 5.90. The fourth-order valence-corrected chi connectivity index (χ4v) is 3.43. The third-order valence-electron chi connectivity index (χ3n) is 4.71. The van der Waals surface area contributed by atoms with E-state index in [1.54, 1.807) is 12.5 Å². The Morgan fingerprint density at radius 1 is 1.15 bits per heavy atom. The van der Waals surface area contributed by atoms with Crippen molar-refractivity contribution in [1.82, 2.24) is 24.6 Å². The first kappa shape index (κ1) is 16.7. The highest BCUT2D eigenvalue weighted by Crippen LogP contribution is 2.23. The molecule has 0 N–H and O–H groups in total. The molecule has 0 bridgehead atoms. The second-order valence-electron chi connectivity index (χ2n) is 6.66. The zero-order chi connectivity index (χ0) is 17.6. The Hall–Kier alpha value is -2.73. The Bertz CT molecular complexity index is 806. The predicted octanol–water partition coefficient (Wildman–Crippen LogP) is 3.09. The summed E-state index contributed by atoms with van der Waals surface area (Å²) < 4.78 is 7.88. The van der Waals surface area contributed by atoms with E-state index in [9.17, 15) is 0 Å². The molecule has 0 spiro atoms. The van der Waals surface area contributed by atoms with Gasteiger partial charge in [-0.3, -0.25) is 9.88 Å². The molecular weight excluding hydrogens is 326 g/mol. The SMILES string of the molecule is c1ccc(COc2cccc(CN3CCCC(n4cncn4)C3)c2)nc1. The van der Waals surface area contributed by atoms with E-state index in [-0.39, 0.29) is 0 Å². The third kappa shape index (κ3) is 4.26. The summed E-state index contributed by atoms with van der Waals surface area (Å²) in [6.07, 6.45) is 7.56. The molecule has 0 aliphatic carbocycles. The average Bonchev–Trinajstić information content (AvgIpc) is 3.23. The number of rotatable bonds is 6. The molecule has 1 aromatic carbocycles. The number of benzene rings is 1. The Morgan fingerprint density at radius 3 is 3.00 bits per heavy atom. The van der Waals surface area contributed by atoms with Gasteiger partial charge in [0, 0.05) is 19.3 Å². The van der Waals surface area contributed by atoms with Crippen LogP contribution in [0.15, 0.2) is 61.3 Å². The van der Waals surface area contributed by atoms with Crippen LogP contribution in [0.3, 0.4) is 0 Å². The lowest BCUT2D eigenvalue weighted by Crippen LogP contribution is -2.36. The zero-order valence-corrected chi connectivity index (χ0v) is 14.7. The summed E-state index contributed by atoms with van der Waals surface area (Å²) >= 11 is 0. The summed E-state index contributed by atoms with van der Waals surface area (Å²) in [6, 6.07) is 14.6. The molecule has 3 aromatic rings. The predicted molar refractivity (Wildman–Crippen MR) is 98.6 cm³/mol. The summed E-state index contributed by atoms with van der Waals surface area (Å²) in [6.45, 7) is 3.53. The fourth-order valence-electron chi connectivity index (χ4n) is 3.43. The molecule has 1 fully saturated rings. The van der Waals surface area contributed by atoms with Crippen molar-refractivity contribution in [2.75, 3.05) is 13.1 Å². The molecule has 26 heavy (non-hydrogen) atoms. The number of ether oxygens (including phenoxy) is 1. The highest BCUT2D eigenvalue weighted by molar-refractivity contribution is 5.28. The third-order valence-corrected chi connectivity index (χ3v) is 4.71. The van der Waals surface area contributed by atoms with Gasteiger partial charge in [0.05, 0.1) is 11.7 Å². The van der Waals surface area contributed by atoms with Gasteiger partial charge in [-0.15, -0.1) is 0 Å². The van der Waals surface area contributed by atoms with Crippen LogP contribution in [-0.2, 0) is 13.2 Å². The minimum absolute atomic E-state index is 0.412. The lowest BCUT2D eigenvalue weighted by atomic mass is 10.0. The van der Waals surface area contributed by atoms with Gasteiger partial charge in [-0.05, 0) is 49.2 Å². The van der Waals surface area contributed by atoms with E-state index in [1.165, 1.54) is 12.0 Å². The van der Waals surface area contributed by atoms with Gasteiger partial charge in [0.25, 0.3) is 0 Å². The largest absolute Gasteiger partial charge is 0.487 e. The Balaban J connectivity index is 1.36. The first-order chi connectivity index (χ1) is 12.9. The molecule has 1 atom stereocenters. The Kier molecular flexibility index (Phi) is 5.21. The van der Waals surface area contributed by atoms with Crippen LogP contribution < -0.4 is 4.74 Å². The smallest absolute Gasteiger partial charge is 0.137 e. The maximum absolute atomic E-state index is 5.90. The molecule has 4 rings (SSSR count). The maximum Gasteiger partial charge on any atom is 0.137 e. The van der Waals surface area contributed by atoms with Gasteiger partial charge in [0.2, 0.25) is 0 Å². The number of aromatic nitrogens is 4. The van der Waals surface area contributed by atoms with Crippen LogP contribution in [0.25, 0.3) is 0 Å². The molecule has 3 heterocycles. The quantitative estimate of drug-likeness (QED) is 0.684. The standard InChI is InChI=1S/C20H23N5O/c1-2-9-22-18(6-1)14-26-20-8-3-5-17(11-20)12-24-10-4-7-19(13-24)25-16-21-15-23-25/h1-3,5-6,8-9,11,15-16,19H,4,7,10,12-14H2. The molecule has 6 heteroatoms. The first-order valence-corrected chi connectivity index (χ1v) is 9.05. The lowest BCUT2D eigenvalue weighted by Gasteiger charge is -2.32. The number of piperidine rings is 1. The molecule has 1 saturated heterocycles. The van der Waals surface area contributed by atoms with Crippen molar-refractivity contribution in [1.29, 1.82) is 0 Å². The molecule has 0 radical (unpaired) electrons. The van der Waals surface area contributed by atoms with E-state index in [1.807, 2.05) is 35.3 Å². The van der Waals surface area contributed by atoms with Crippen LogP contribution in [0.4, 0.5) is 0 Å². The van der Waals surface area contributed by atoms with E-state index in [2.05, 4.69) is 38.2 Å². The summed E-state index contributed by atoms with van der Waals surface area (Å²) in [5.41, 5.74) is 2.20. The molecule has 0 saturated carbocycles. The number of hydrogen-bond acceptors (Lipinski definition) is 5. The second kappa shape index (κ2) is 8.10. The Morgan fingerprint density at radius 2 is 2.15 bits per heavy atom. The Labute approximate surface area is 153 Å². The summed E-state index contributed by atoms with van der Waals surface area (Å²) in [5, 5.41) is 4.30. The molecule has 2 aromatic heterocycles. The molecule has 134 valence electrons. The second-order valence-corrected chi connectivity index (χ2v) is 6.66. The molecule has 0 amide bonds. The normalized spacial score (nSPS) is 17.9. The minimum atomic E-state index is 0.412. The van der Waals surface area contributed by atoms with Crippen molar-refractivity contribution in [2.45, 2.75) is 32.0 Å². The topological polar surface area (TPSA) is 56.1 Å². The van der Waals surface area contributed by atoms with Crippen molar-refractivity contribution in [3.8, 4) is 5.75 Å². The van der Waals surface area contributed by atoms with E-state index >= 15 is 0 Å². The van der Waals surface area contributed by atoms with Gasteiger partial charge >= 0.3 is 0 Å². The van der Waals surface area contributed by atoms with Crippen LogP contribution in [0.1, 0.15) is 30.1 Å². The van der Waals surface area contributed by atoms with Gasteiger partial charge in [-0.2, -0.15) is 5.10 Å². The highest BCUT2D eigenvalue weighted by atomic mass is 16.5. The fraction of sp³-hybridized carbons (Fsp3) is 0.350. The van der Waals surface area contributed by atoms with Crippen LogP contribution in [0, 0.1) is 0 Å². The van der Waals surface area contributed by atoms with Crippen molar-refractivity contribution in [2.24, 2.45) is 0 Å². The summed E-state index contributed by atoms with van der Waals surface area (Å²) in [5.74, 6) is 0.887. The van der Waals surface area contributed by atoms with E-state index < -0.39 is 0 Å². The van der Waals surface area contributed by atoms with Gasteiger partial charge < -0.3 is 4.74 Å².